The monoisotopic (exact) mass is 832 g/mol. The molecule has 1 saturated heterocycles. The van der Waals surface area contributed by atoms with Crippen LogP contribution in [-0.2, 0) is 0 Å². The lowest BCUT2D eigenvalue weighted by molar-refractivity contribution is -0.148. The molecule has 62 heavy (non-hydrogen) atoms. The fourth-order valence-electron chi connectivity index (χ4n) is 29.5. The Labute approximate surface area is 375 Å². The van der Waals surface area contributed by atoms with Gasteiger partial charge in [0.1, 0.15) is 5.75 Å². The maximum absolute atomic E-state index is 10.6. The topological polar surface area (TPSA) is 23.5 Å². The lowest BCUT2D eigenvalue weighted by Crippen LogP contribution is -2.58. The molecule has 16 aliphatic carbocycles. The molecule has 1 aromatic carbocycles. The van der Waals surface area contributed by atoms with Crippen molar-refractivity contribution in [2.45, 2.75) is 135 Å². The van der Waals surface area contributed by atoms with Gasteiger partial charge in [-0.25, -0.2) is 0 Å². The summed E-state index contributed by atoms with van der Waals surface area (Å²) in [6.07, 6.45) is 29.6. The van der Waals surface area contributed by atoms with Crippen molar-refractivity contribution in [2.75, 3.05) is 11.4 Å². The summed E-state index contributed by atoms with van der Waals surface area (Å²) in [7, 11) is 0. The van der Waals surface area contributed by atoms with E-state index in [0.717, 1.165) is 83.0 Å². The molecule has 1 aromatic rings. The Morgan fingerprint density at radius 3 is 1.19 bits per heavy atom. The van der Waals surface area contributed by atoms with Crippen LogP contribution in [0, 0.1) is 189 Å². The first-order valence-corrected chi connectivity index (χ1v) is 29.3. The minimum absolute atomic E-state index is 0.459. The zero-order chi connectivity index (χ0) is 39.8. The van der Waals surface area contributed by atoms with E-state index in [0.29, 0.717) is 5.75 Å². The predicted octanol–water partition coefficient (Wildman–Crippen LogP) is 12.9. The van der Waals surface area contributed by atoms with E-state index in [4.69, 9.17) is 0 Å². The van der Waals surface area contributed by atoms with Crippen molar-refractivity contribution in [3.63, 3.8) is 0 Å². The van der Waals surface area contributed by atoms with Crippen molar-refractivity contribution in [1.29, 1.82) is 0 Å². The third-order valence-electron chi connectivity index (χ3n) is 28.7. The van der Waals surface area contributed by atoms with Gasteiger partial charge in [-0.05, 0) is 278 Å². The summed E-state index contributed by atoms with van der Waals surface area (Å²) >= 11 is 0. The Kier molecular flexibility index (Phi) is 7.01. The quantitative estimate of drug-likeness (QED) is 0.225. The molecule has 0 bridgehead atoms. The molecular formula is C60H81NO. The van der Waals surface area contributed by atoms with Crippen molar-refractivity contribution < 1.29 is 5.11 Å². The van der Waals surface area contributed by atoms with E-state index >= 15 is 0 Å². The third-order valence-corrected chi connectivity index (χ3v) is 28.7. The maximum Gasteiger partial charge on any atom is 0.115 e. The highest BCUT2D eigenvalue weighted by Crippen LogP contribution is 2.93. The van der Waals surface area contributed by atoms with Gasteiger partial charge in [-0.1, -0.05) is 64.7 Å². The first-order chi connectivity index (χ1) is 30.7. The van der Waals surface area contributed by atoms with E-state index in [9.17, 15) is 5.11 Å². The second kappa shape index (κ2) is 12.1. The molecule has 17 fully saturated rings. The van der Waals surface area contributed by atoms with Gasteiger partial charge in [-0.15, -0.1) is 0 Å². The Morgan fingerprint density at radius 2 is 0.726 bits per heavy atom. The van der Waals surface area contributed by atoms with Crippen LogP contribution >= 0.6 is 0 Å². The van der Waals surface area contributed by atoms with E-state index in [1.165, 1.54) is 189 Å². The van der Waals surface area contributed by atoms with Gasteiger partial charge in [-0.2, -0.15) is 0 Å². The van der Waals surface area contributed by atoms with Crippen LogP contribution in [0.15, 0.2) is 24.3 Å². The van der Waals surface area contributed by atoms with Gasteiger partial charge in [0.15, 0.2) is 0 Å². The molecule has 2 nitrogen and oxygen atoms in total. The molecular weight excluding hydrogens is 751 g/mol. The standard InChI is InChI=1S/C60H81NO/c1-2-3-4-5-6-7-8-9-10-11-38-39-26(25-61(38)27-12-14-28(62)15-13-27)24-37-35-21-20-33-31-17-16-29-30-18-19-32-34-22-23-36-47(39)54-49(37)53-46(35)44(33)51-41(31)40(29)50-42(30)43(32)52-45(34)48(36)55(54)60-58(52)56(50)57(51)59(53)60/h12-15,26,29-60,62H,2-11,16-25H2,1H3. The van der Waals surface area contributed by atoms with Crippen LogP contribution in [-0.4, -0.2) is 17.7 Å². The summed E-state index contributed by atoms with van der Waals surface area (Å²) in [5.41, 5.74) is 1.47. The van der Waals surface area contributed by atoms with Crippen LogP contribution in [0.5, 0.6) is 5.75 Å². The molecule has 1 aliphatic heterocycles. The summed E-state index contributed by atoms with van der Waals surface area (Å²) in [6.45, 7) is 3.71. The van der Waals surface area contributed by atoms with Gasteiger partial charge >= 0.3 is 0 Å². The molecule has 33 atom stereocenters. The maximum atomic E-state index is 10.6. The molecule has 0 aromatic heterocycles. The van der Waals surface area contributed by atoms with Gasteiger partial charge in [-0.3, -0.25) is 0 Å². The number of anilines is 1. The summed E-state index contributed by atoms with van der Waals surface area (Å²) in [5.74, 6) is 37.4. The second-order valence-electron chi connectivity index (χ2n) is 28.3. The van der Waals surface area contributed by atoms with E-state index in [1.807, 2.05) is 12.1 Å². The third kappa shape index (κ3) is 3.79. The molecule has 16 saturated carbocycles. The predicted molar refractivity (Wildman–Crippen MR) is 244 cm³/mol. The SMILES string of the molecule is CCCCCCCCCCCC1C2C(CC3C4CCC5C6CCC7C8CCC9C%10CCC%11C%12C%10C%10C9C8C8C7C6C6C5C4C4C3C(C%112)C%12C2C%10C8C6C42)CN1c1ccc(O)cc1. The average molecular weight is 832 g/mol. The number of phenols is 1. The fraction of sp³-hybridized carbons (Fsp3) is 0.900. The highest BCUT2D eigenvalue weighted by atomic mass is 16.3. The Hall–Kier alpha value is -1.18. The largest absolute Gasteiger partial charge is 0.508 e. The molecule has 17 aliphatic rings. The number of hydrogen-bond acceptors (Lipinski definition) is 2. The molecule has 33 unspecified atom stereocenters. The Morgan fingerprint density at radius 1 is 0.387 bits per heavy atom. The summed E-state index contributed by atoms with van der Waals surface area (Å²) < 4.78 is 0. The number of hydrogen-bond donors (Lipinski definition) is 1. The molecule has 1 N–H and O–H groups in total. The first-order valence-electron chi connectivity index (χ1n) is 29.3. The van der Waals surface area contributed by atoms with Crippen molar-refractivity contribution in [3.8, 4) is 5.75 Å². The van der Waals surface area contributed by atoms with Crippen LogP contribution in [0.25, 0.3) is 0 Å². The highest BCUT2D eigenvalue weighted by Gasteiger charge is 2.89. The number of unbranched alkanes of at least 4 members (excludes halogenated alkanes) is 8. The number of fused-ring (bicyclic) bond motifs is 7. The lowest BCUT2D eigenvalue weighted by atomic mass is 9.43. The Balaban J connectivity index is 0.801. The van der Waals surface area contributed by atoms with Gasteiger partial charge in [0.05, 0.1) is 0 Å². The van der Waals surface area contributed by atoms with Crippen molar-refractivity contribution >= 4 is 5.69 Å². The van der Waals surface area contributed by atoms with Crippen LogP contribution in [0.3, 0.4) is 0 Å². The van der Waals surface area contributed by atoms with Gasteiger partial charge in [0, 0.05) is 18.3 Å². The average Bonchev–Trinajstić information content (AvgIpc) is 4.15. The zero-order valence-corrected chi connectivity index (χ0v) is 38.4. The van der Waals surface area contributed by atoms with Gasteiger partial charge in [0.2, 0.25) is 0 Å². The molecule has 0 amide bonds. The van der Waals surface area contributed by atoms with Gasteiger partial charge in [0.25, 0.3) is 0 Å². The van der Waals surface area contributed by atoms with Crippen LogP contribution in [0.2, 0.25) is 0 Å². The van der Waals surface area contributed by atoms with E-state index in [1.54, 1.807) is 57.8 Å². The number of aromatic hydroxyl groups is 1. The second-order valence-corrected chi connectivity index (χ2v) is 28.3. The van der Waals surface area contributed by atoms with Crippen LogP contribution in [0.4, 0.5) is 5.69 Å². The summed E-state index contributed by atoms with van der Waals surface area (Å²) in [4.78, 5) is 3.07. The first kappa shape index (κ1) is 35.9. The van der Waals surface area contributed by atoms with E-state index in [-0.39, 0.29) is 0 Å². The van der Waals surface area contributed by atoms with Crippen molar-refractivity contribution in [2.24, 2.45) is 189 Å². The molecule has 332 valence electrons. The minimum Gasteiger partial charge on any atom is -0.508 e. The van der Waals surface area contributed by atoms with Crippen molar-refractivity contribution in [3.05, 3.63) is 24.3 Å². The molecule has 0 spiro atoms. The smallest absolute Gasteiger partial charge is 0.115 e. The normalized spacial score (nSPS) is 65.0. The number of phenolic OH excluding ortho intramolecular Hbond substituents is 1. The molecule has 0 radical (unpaired) electrons. The lowest BCUT2D eigenvalue weighted by Gasteiger charge is -2.61. The fourth-order valence-corrected chi connectivity index (χ4v) is 29.5. The molecule has 18 rings (SSSR count). The number of nitrogens with zero attached hydrogens (tertiary/aromatic N) is 1. The van der Waals surface area contributed by atoms with E-state index in [2.05, 4.69) is 24.0 Å². The Bertz CT molecular complexity index is 2040. The summed E-state index contributed by atoms with van der Waals surface area (Å²) in [6, 6.07) is 9.53. The number of rotatable bonds is 11. The summed E-state index contributed by atoms with van der Waals surface area (Å²) in [5, 5.41) is 10.6. The molecule has 2 heteroatoms. The van der Waals surface area contributed by atoms with Crippen molar-refractivity contribution in [1.82, 2.24) is 0 Å². The van der Waals surface area contributed by atoms with E-state index < -0.39 is 0 Å². The minimum atomic E-state index is 0.459. The highest BCUT2D eigenvalue weighted by molar-refractivity contribution is 5.52. The zero-order valence-electron chi connectivity index (χ0n) is 38.4. The molecule has 1 heterocycles. The van der Waals surface area contributed by atoms with Crippen LogP contribution < -0.4 is 4.90 Å². The number of benzene rings is 1. The van der Waals surface area contributed by atoms with Crippen LogP contribution in [0.1, 0.15) is 129 Å². The van der Waals surface area contributed by atoms with Gasteiger partial charge < -0.3 is 10.0 Å².